The van der Waals surface area contributed by atoms with Crippen molar-refractivity contribution in [2.75, 3.05) is 11.9 Å². The summed E-state index contributed by atoms with van der Waals surface area (Å²) >= 11 is 17.7. The molecule has 1 heterocycles. The predicted molar refractivity (Wildman–Crippen MR) is 84.9 cm³/mol. The highest BCUT2D eigenvalue weighted by molar-refractivity contribution is 6.35. The van der Waals surface area contributed by atoms with Crippen LogP contribution in [0.2, 0.25) is 15.1 Å². The molecular weight excluding hydrogens is 335 g/mol. The van der Waals surface area contributed by atoms with Gasteiger partial charge in [-0.3, -0.25) is 0 Å². The summed E-state index contributed by atoms with van der Waals surface area (Å²) < 4.78 is 0. The van der Waals surface area contributed by atoms with Crippen molar-refractivity contribution in [3.05, 3.63) is 56.7 Å². The van der Waals surface area contributed by atoms with Crippen LogP contribution in [-0.4, -0.2) is 22.6 Å². The first kappa shape index (κ1) is 15.9. The molecule has 0 aliphatic rings. The van der Waals surface area contributed by atoms with Gasteiger partial charge in [0.2, 0.25) is 0 Å². The molecule has 4 nitrogen and oxygen atoms in total. The highest BCUT2D eigenvalue weighted by atomic mass is 35.5. The van der Waals surface area contributed by atoms with Gasteiger partial charge in [-0.2, -0.15) is 0 Å². The molecule has 0 saturated heterocycles. The summed E-state index contributed by atoms with van der Waals surface area (Å²) in [7, 11) is 0. The lowest BCUT2D eigenvalue weighted by molar-refractivity contribution is 0.0691. The predicted octanol–water partition coefficient (Wildman–Crippen LogP) is 4.39. The van der Waals surface area contributed by atoms with Crippen molar-refractivity contribution in [2.24, 2.45) is 0 Å². The number of nitrogens with one attached hydrogen (secondary N) is 1. The van der Waals surface area contributed by atoms with Crippen LogP contribution in [0, 0.1) is 0 Å². The van der Waals surface area contributed by atoms with Gasteiger partial charge in [-0.05, 0) is 36.2 Å². The van der Waals surface area contributed by atoms with E-state index in [2.05, 4.69) is 10.3 Å². The van der Waals surface area contributed by atoms with Crippen molar-refractivity contribution in [2.45, 2.75) is 6.42 Å². The van der Waals surface area contributed by atoms with Crippen LogP contribution in [0.15, 0.2) is 30.3 Å². The molecule has 2 rings (SSSR count). The number of carboxylic acid groups (broad SMARTS) is 1. The van der Waals surface area contributed by atoms with E-state index in [1.807, 2.05) is 6.07 Å². The highest BCUT2D eigenvalue weighted by Gasteiger charge is 2.11. The van der Waals surface area contributed by atoms with E-state index in [0.29, 0.717) is 28.8 Å². The van der Waals surface area contributed by atoms with Crippen LogP contribution in [0.1, 0.15) is 16.1 Å². The van der Waals surface area contributed by atoms with Crippen molar-refractivity contribution in [3.63, 3.8) is 0 Å². The first-order valence-electron chi connectivity index (χ1n) is 6.05. The van der Waals surface area contributed by atoms with Crippen LogP contribution < -0.4 is 5.32 Å². The fraction of sp³-hybridized carbons (Fsp3) is 0.143. The zero-order valence-corrected chi connectivity index (χ0v) is 13.0. The Morgan fingerprint density at radius 2 is 1.90 bits per heavy atom. The molecule has 21 heavy (non-hydrogen) atoms. The largest absolute Gasteiger partial charge is 0.476 e. The van der Waals surface area contributed by atoms with E-state index in [1.54, 1.807) is 18.2 Å². The van der Waals surface area contributed by atoms with Crippen molar-refractivity contribution >= 4 is 46.6 Å². The maximum Gasteiger partial charge on any atom is 0.356 e. The quantitative estimate of drug-likeness (QED) is 0.843. The van der Waals surface area contributed by atoms with Gasteiger partial charge in [0.05, 0.1) is 5.02 Å². The summed E-state index contributed by atoms with van der Waals surface area (Å²) in [6.45, 7) is 0.551. The molecule has 0 spiro atoms. The van der Waals surface area contributed by atoms with E-state index in [1.165, 1.54) is 6.07 Å². The first-order chi connectivity index (χ1) is 9.97. The van der Waals surface area contributed by atoms with Crippen molar-refractivity contribution < 1.29 is 9.90 Å². The Morgan fingerprint density at radius 3 is 2.57 bits per heavy atom. The second kappa shape index (κ2) is 6.98. The number of carboxylic acids is 1. The van der Waals surface area contributed by atoms with Gasteiger partial charge in [-0.1, -0.05) is 40.9 Å². The zero-order valence-electron chi connectivity index (χ0n) is 10.7. The zero-order chi connectivity index (χ0) is 15.4. The van der Waals surface area contributed by atoms with E-state index < -0.39 is 5.97 Å². The van der Waals surface area contributed by atoms with E-state index in [-0.39, 0.29) is 10.7 Å². The van der Waals surface area contributed by atoms with Gasteiger partial charge in [0.15, 0.2) is 5.69 Å². The van der Waals surface area contributed by atoms with Crippen LogP contribution in [0.4, 0.5) is 5.82 Å². The van der Waals surface area contributed by atoms with Crippen LogP contribution in [0.25, 0.3) is 0 Å². The number of aromatic nitrogens is 1. The molecule has 0 radical (unpaired) electrons. The number of benzene rings is 1. The van der Waals surface area contributed by atoms with Crippen molar-refractivity contribution in [1.82, 2.24) is 4.98 Å². The Labute approximate surface area is 136 Å². The smallest absolute Gasteiger partial charge is 0.356 e. The normalized spacial score (nSPS) is 10.4. The van der Waals surface area contributed by atoms with Gasteiger partial charge in [-0.25, -0.2) is 9.78 Å². The number of aromatic carboxylic acids is 1. The number of nitrogens with zero attached hydrogens (tertiary/aromatic N) is 1. The van der Waals surface area contributed by atoms with Crippen LogP contribution in [-0.2, 0) is 6.42 Å². The number of anilines is 1. The molecule has 0 aliphatic carbocycles. The lowest BCUT2D eigenvalue weighted by Gasteiger charge is -2.08. The van der Waals surface area contributed by atoms with Gasteiger partial charge in [-0.15, -0.1) is 0 Å². The summed E-state index contributed by atoms with van der Waals surface area (Å²) in [6.07, 6.45) is 0.655. The molecular formula is C14H11Cl3N2O2. The first-order valence-corrected chi connectivity index (χ1v) is 7.18. The fourth-order valence-electron chi connectivity index (χ4n) is 1.74. The summed E-state index contributed by atoms with van der Waals surface area (Å²) in [6, 6.07) is 8.42. The molecule has 0 unspecified atom stereocenters. The second-order valence-electron chi connectivity index (χ2n) is 4.24. The van der Waals surface area contributed by atoms with Crippen LogP contribution >= 0.6 is 34.8 Å². The Bertz CT molecular complexity index is 677. The van der Waals surface area contributed by atoms with Gasteiger partial charge >= 0.3 is 5.97 Å². The average Bonchev–Trinajstić information content (AvgIpc) is 2.42. The second-order valence-corrected chi connectivity index (χ2v) is 5.50. The lowest BCUT2D eigenvalue weighted by Crippen LogP contribution is -2.09. The molecule has 1 aromatic heterocycles. The molecule has 2 aromatic rings. The summed E-state index contributed by atoms with van der Waals surface area (Å²) in [4.78, 5) is 14.9. The number of hydrogen-bond donors (Lipinski definition) is 2. The van der Waals surface area contributed by atoms with E-state index in [0.717, 1.165) is 5.56 Å². The van der Waals surface area contributed by atoms with Gasteiger partial charge in [0.25, 0.3) is 0 Å². The molecule has 0 atom stereocenters. The average molecular weight is 346 g/mol. The van der Waals surface area contributed by atoms with Gasteiger partial charge in [0, 0.05) is 16.6 Å². The minimum absolute atomic E-state index is 0.105. The molecule has 110 valence electrons. The Hall–Kier alpha value is -1.49. The maximum atomic E-state index is 10.9. The van der Waals surface area contributed by atoms with E-state index in [9.17, 15) is 4.79 Å². The number of hydrogen-bond acceptors (Lipinski definition) is 3. The molecule has 0 saturated carbocycles. The number of rotatable bonds is 5. The van der Waals surface area contributed by atoms with Crippen LogP contribution in [0.5, 0.6) is 0 Å². The maximum absolute atomic E-state index is 10.9. The molecule has 1 aromatic carbocycles. The lowest BCUT2D eigenvalue weighted by atomic mass is 10.1. The topological polar surface area (TPSA) is 62.2 Å². The van der Waals surface area contributed by atoms with E-state index in [4.69, 9.17) is 39.9 Å². The van der Waals surface area contributed by atoms with Gasteiger partial charge < -0.3 is 10.4 Å². The number of carbonyl (C=O) groups is 1. The summed E-state index contributed by atoms with van der Waals surface area (Å²) in [5.74, 6) is -0.716. The Balaban J connectivity index is 2.00. The molecule has 0 aliphatic heterocycles. The molecule has 0 fully saturated rings. The Kier molecular flexibility index (Phi) is 5.28. The molecule has 7 heteroatoms. The third-order valence-corrected chi connectivity index (χ3v) is 3.66. The Morgan fingerprint density at radius 1 is 1.14 bits per heavy atom. The third kappa shape index (κ3) is 4.24. The molecule has 0 amide bonds. The third-order valence-electron chi connectivity index (χ3n) is 2.76. The van der Waals surface area contributed by atoms with Gasteiger partial charge in [0.1, 0.15) is 5.82 Å². The van der Waals surface area contributed by atoms with Crippen molar-refractivity contribution in [1.29, 1.82) is 0 Å². The molecule has 2 N–H and O–H groups in total. The fourth-order valence-corrected chi connectivity index (χ4v) is 2.43. The summed E-state index contributed by atoms with van der Waals surface area (Å²) in [5, 5.41) is 13.3. The number of halogens is 3. The van der Waals surface area contributed by atoms with Crippen LogP contribution in [0.3, 0.4) is 0 Å². The van der Waals surface area contributed by atoms with Crippen molar-refractivity contribution in [3.8, 4) is 0 Å². The van der Waals surface area contributed by atoms with E-state index >= 15 is 0 Å². The highest BCUT2D eigenvalue weighted by Crippen LogP contribution is 2.21. The number of pyridine rings is 1. The minimum atomic E-state index is -1.16. The monoisotopic (exact) mass is 344 g/mol. The minimum Gasteiger partial charge on any atom is -0.476 e. The SMILES string of the molecule is O=C(O)c1nc(NCCc2ccc(Cl)cc2Cl)ccc1Cl. The summed E-state index contributed by atoms with van der Waals surface area (Å²) in [5.41, 5.74) is 0.771. The molecule has 0 bridgehead atoms. The standard InChI is InChI=1S/C14H11Cl3N2O2/c15-9-2-1-8(11(17)7-9)5-6-18-12-4-3-10(16)13(19-12)14(20)21/h1-4,7H,5-6H2,(H,18,19)(H,20,21).